The Morgan fingerprint density at radius 1 is 1.33 bits per heavy atom. The van der Waals surface area contributed by atoms with Crippen LogP contribution >= 0.6 is 11.3 Å². The largest absolute Gasteiger partial charge is 0.381 e. The first kappa shape index (κ1) is 12.6. The van der Waals surface area contributed by atoms with E-state index in [1.54, 1.807) is 17.5 Å². The van der Waals surface area contributed by atoms with Gasteiger partial charge in [0.15, 0.2) is 0 Å². The molecule has 1 aliphatic heterocycles. The lowest BCUT2D eigenvalue weighted by molar-refractivity contribution is -0.0483. The number of thiophene rings is 1. The lowest BCUT2D eigenvalue weighted by Gasteiger charge is -2.51. The van der Waals surface area contributed by atoms with Crippen molar-refractivity contribution in [2.45, 2.75) is 35.9 Å². The van der Waals surface area contributed by atoms with E-state index in [4.69, 9.17) is 4.74 Å². The van der Waals surface area contributed by atoms with Crippen molar-refractivity contribution in [3.8, 4) is 0 Å². The smallest absolute Gasteiger partial charge is 0.250 e. The van der Waals surface area contributed by atoms with Gasteiger partial charge in [-0.15, -0.1) is 11.3 Å². The highest BCUT2D eigenvalue weighted by Gasteiger charge is 2.48. The summed E-state index contributed by atoms with van der Waals surface area (Å²) < 4.78 is 33.1. The van der Waals surface area contributed by atoms with Crippen molar-refractivity contribution in [2.75, 3.05) is 13.2 Å². The first-order chi connectivity index (χ1) is 8.62. The fourth-order valence-electron chi connectivity index (χ4n) is 2.92. The first-order valence-electron chi connectivity index (χ1n) is 6.26. The summed E-state index contributed by atoms with van der Waals surface area (Å²) in [5.74, 6) is 0. The zero-order chi connectivity index (χ0) is 12.6. The zero-order valence-corrected chi connectivity index (χ0v) is 11.7. The molecule has 1 aromatic heterocycles. The van der Waals surface area contributed by atoms with Crippen molar-refractivity contribution in [1.82, 2.24) is 4.72 Å². The van der Waals surface area contributed by atoms with Crippen LogP contribution in [0.4, 0.5) is 0 Å². The Bertz CT molecular complexity index is 503. The summed E-state index contributed by atoms with van der Waals surface area (Å²) in [6.45, 7) is 1.52. The summed E-state index contributed by atoms with van der Waals surface area (Å²) in [4.78, 5) is 0. The van der Waals surface area contributed by atoms with E-state index in [0.717, 1.165) is 38.9 Å². The SMILES string of the molecule is O=S(=O)(NC1CCC12CCOCC2)c1cccs1. The maximum Gasteiger partial charge on any atom is 0.250 e. The summed E-state index contributed by atoms with van der Waals surface area (Å²) in [6.07, 6.45) is 4.02. The Hall–Kier alpha value is -0.430. The number of nitrogens with one attached hydrogen (secondary N) is 1. The first-order valence-corrected chi connectivity index (χ1v) is 8.62. The van der Waals surface area contributed by atoms with Crippen LogP contribution < -0.4 is 4.72 Å². The van der Waals surface area contributed by atoms with E-state index >= 15 is 0 Å². The number of hydrogen-bond acceptors (Lipinski definition) is 4. The van der Waals surface area contributed by atoms with Gasteiger partial charge >= 0.3 is 0 Å². The van der Waals surface area contributed by atoms with Crippen LogP contribution in [0, 0.1) is 5.41 Å². The van der Waals surface area contributed by atoms with Gasteiger partial charge in [-0.1, -0.05) is 6.07 Å². The molecule has 0 amide bonds. The third-order valence-electron chi connectivity index (χ3n) is 4.22. The molecule has 0 radical (unpaired) electrons. The van der Waals surface area contributed by atoms with Gasteiger partial charge in [0.05, 0.1) is 0 Å². The van der Waals surface area contributed by atoms with Crippen LogP contribution in [0.1, 0.15) is 25.7 Å². The average molecular weight is 287 g/mol. The van der Waals surface area contributed by atoms with E-state index in [-0.39, 0.29) is 11.5 Å². The Morgan fingerprint density at radius 3 is 2.67 bits per heavy atom. The molecule has 2 fully saturated rings. The molecule has 18 heavy (non-hydrogen) atoms. The highest BCUT2D eigenvalue weighted by atomic mass is 32.2. The molecule has 2 heterocycles. The normalized spacial score (nSPS) is 27.0. The van der Waals surface area contributed by atoms with E-state index in [2.05, 4.69) is 4.72 Å². The van der Waals surface area contributed by atoms with Crippen molar-refractivity contribution < 1.29 is 13.2 Å². The fraction of sp³-hybridized carbons (Fsp3) is 0.667. The molecule has 1 saturated heterocycles. The van der Waals surface area contributed by atoms with E-state index in [1.165, 1.54) is 11.3 Å². The second-order valence-electron chi connectivity index (χ2n) is 5.12. The van der Waals surface area contributed by atoms with Crippen LogP contribution in [0.2, 0.25) is 0 Å². The molecule has 1 aliphatic carbocycles. The number of hydrogen-bond donors (Lipinski definition) is 1. The van der Waals surface area contributed by atoms with E-state index in [9.17, 15) is 8.42 Å². The second kappa shape index (κ2) is 4.59. The van der Waals surface area contributed by atoms with Crippen molar-refractivity contribution in [2.24, 2.45) is 5.41 Å². The molecule has 2 aliphatic rings. The van der Waals surface area contributed by atoms with Gasteiger partial charge in [-0.05, 0) is 42.5 Å². The van der Waals surface area contributed by atoms with Crippen molar-refractivity contribution in [1.29, 1.82) is 0 Å². The maximum absolute atomic E-state index is 12.2. The van der Waals surface area contributed by atoms with Crippen molar-refractivity contribution in [3.05, 3.63) is 17.5 Å². The lowest BCUT2D eigenvalue weighted by atomic mass is 9.60. The van der Waals surface area contributed by atoms with Gasteiger partial charge in [-0.3, -0.25) is 0 Å². The highest BCUT2D eigenvalue weighted by Crippen LogP contribution is 2.49. The lowest BCUT2D eigenvalue weighted by Crippen LogP contribution is -2.57. The molecule has 1 aromatic rings. The fourth-order valence-corrected chi connectivity index (χ4v) is 5.30. The van der Waals surface area contributed by atoms with Crippen molar-refractivity contribution >= 4 is 21.4 Å². The molecule has 1 N–H and O–H groups in total. The summed E-state index contributed by atoms with van der Waals surface area (Å²) in [7, 11) is -3.32. The summed E-state index contributed by atoms with van der Waals surface area (Å²) in [6, 6.07) is 3.51. The van der Waals surface area contributed by atoms with E-state index < -0.39 is 10.0 Å². The molecule has 1 saturated carbocycles. The molecule has 6 heteroatoms. The molecule has 0 bridgehead atoms. The topological polar surface area (TPSA) is 55.4 Å². The standard InChI is InChI=1S/C12H17NO3S2/c14-18(15,11-2-1-9-17-11)13-10-3-4-12(10)5-7-16-8-6-12/h1-2,9-10,13H,3-8H2. The molecular formula is C12H17NO3S2. The van der Waals surface area contributed by atoms with Crippen LogP contribution in [-0.4, -0.2) is 27.7 Å². The predicted molar refractivity (Wildman–Crippen MR) is 70.1 cm³/mol. The monoisotopic (exact) mass is 287 g/mol. The average Bonchev–Trinajstić information content (AvgIpc) is 2.91. The Kier molecular flexibility index (Phi) is 3.21. The van der Waals surface area contributed by atoms with E-state index in [1.807, 2.05) is 0 Å². The van der Waals surface area contributed by atoms with Crippen LogP contribution in [0.3, 0.4) is 0 Å². The zero-order valence-electron chi connectivity index (χ0n) is 10.1. The molecule has 1 unspecified atom stereocenters. The third kappa shape index (κ3) is 2.11. The van der Waals surface area contributed by atoms with Crippen LogP contribution in [0.15, 0.2) is 21.7 Å². The van der Waals surface area contributed by atoms with Gasteiger partial charge in [-0.25, -0.2) is 13.1 Å². The van der Waals surface area contributed by atoms with Gasteiger partial charge < -0.3 is 4.74 Å². The quantitative estimate of drug-likeness (QED) is 0.925. The number of sulfonamides is 1. The molecule has 1 spiro atoms. The van der Waals surface area contributed by atoms with Crippen LogP contribution in [0.5, 0.6) is 0 Å². The minimum absolute atomic E-state index is 0.0912. The van der Waals surface area contributed by atoms with Gasteiger partial charge in [0, 0.05) is 19.3 Å². The molecular weight excluding hydrogens is 270 g/mol. The Balaban J connectivity index is 1.74. The van der Waals surface area contributed by atoms with Crippen LogP contribution in [-0.2, 0) is 14.8 Å². The second-order valence-corrected chi connectivity index (χ2v) is 8.01. The third-order valence-corrected chi connectivity index (χ3v) is 7.09. The predicted octanol–water partition coefficient (Wildman–Crippen LogP) is 1.99. The summed E-state index contributed by atoms with van der Waals surface area (Å²) in [5, 5.41) is 1.79. The van der Waals surface area contributed by atoms with Gasteiger partial charge in [0.2, 0.25) is 10.0 Å². The molecule has 100 valence electrons. The summed E-state index contributed by atoms with van der Waals surface area (Å²) in [5.41, 5.74) is 0.155. The van der Waals surface area contributed by atoms with Crippen molar-refractivity contribution in [3.63, 3.8) is 0 Å². The van der Waals surface area contributed by atoms with Gasteiger partial charge in [0.25, 0.3) is 0 Å². The molecule has 0 aromatic carbocycles. The summed E-state index contributed by atoms with van der Waals surface area (Å²) >= 11 is 1.27. The highest BCUT2D eigenvalue weighted by molar-refractivity contribution is 7.91. The minimum Gasteiger partial charge on any atom is -0.381 e. The minimum atomic E-state index is -3.32. The molecule has 1 atom stereocenters. The number of rotatable bonds is 3. The Labute approximate surface area is 111 Å². The maximum atomic E-state index is 12.2. The van der Waals surface area contributed by atoms with Gasteiger partial charge in [-0.2, -0.15) is 0 Å². The van der Waals surface area contributed by atoms with E-state index in [0.29, 0.717) is 4.21 Å². The Morgan fingerprint density at radius 2 is 2.11 bits per heavy atom. The molecule has 3 rings (SSSR count). The molecule has 4 nitrogen and oxygen atoms in total. The van der Waals surface area contributed by atoms with Crippen LogP contribution in [0.25, 0.3) is 0 Å². The number of ether oxygens (including phenoxy) is 1. The van der Waals surface area contributed by atoms with Gasteiger partial charge in [0.1, 0.15) is 4.21 Å².